The van der Waals surface area contributed by atoms with Gasteiger partial charge in [-0.15, -0.1) is 0 Å². The number of benzene rings is 1. The summed E-state index contributed by atoms with van der Waals surface area (Å²) in [4.78, 5) is 13.2. The first kappa shape index (κ1) is 21.1. The van der Waals surface area contributed by atoms with Gasteiger partial charge in [-0.1, -0.05) is 6.07 Å². The number of fused-ring (bicyclic) bond motifs is 1. The van der Waals surface area contributed by atoms with E-state index in [1.807, 2.05) is 35.1 Å². The highest BCUT2D eigenvalue weighted by Gasteiger charge is 2.30. The van der Waals surface area contributed by atoms with Gasteiger partial charge in [0.1, 0.15) is 23.5 Å². The molecule has 1 aromatic carbocycles. The fourth-order valence-corrected chi connectivity index (χ4v) is 4.88. The zero-order chi connectivity index (χ0) is 21.7. The third-order valence-corrected chi connectivity index (χ3v) is 7.00. The molecule has 4 aromatic heterocycles. The van der Waals surface area contributed by atoms with E-state index < -0.39 is 10.8 Å². The molecule has 5 heterocycles. The molecule has 8 nitrogen and oxygen atoms in total. The van der Waals surface area contributed by atoms with Gasteiger partial charge in [0.25, 0.3) is 0 Å². The van der Waals surface area contributed by atoms with Crippen molar-refractivity contribution in [1.82, 2.24) is 24.7 Å². The van der Waals surface area contributed by atoms with Crippen molar-refractivity contribution in [2.75, 3.05) is 11.5 Å². The summed E-state index contributed by atoms with van der Waals surface area (Å²) in [6, 6.07) is 13.7. The Morgan fingerprint density at radius 3 is 2.58 bits per heavy atom. The Labute approximate surface area is 189 Å². The van der Waals surface area contributed by atoms with E-state index in [4.69, 9.17) is 9.52 Å². The predicted molar refractivity (Wildman–Crippen MR) is 122 cm³/mol. The minimum absolute atomic E-state index is 0. The minimum Gasteiger partial charge on any atom is -0.436 e. The maximum Gasteiger partial charge on any atom is 0.230 e. The maximum atomic E-state index is 13.5. The van der Waals surface area contributed by atoms with Crippen LogP contribution >= 0.6 is 0 Å². The smallest absolute Gasteiger partial charge is 0.230 e. The second-order valence-corrected chi connectivity index (χ2v) is 9.12. The van der Waals surface area contributed by atoms with Crippen molar-refractivity contribution in [3.63, 3.8) is 0 Å². The Balaban J connectivity index is 0.00000228. The van der Waals surface area contributed by atoms with Crippen molar-refractivity contribution in [2.45, 2.75) is 6.04 Å². The van der Waals surface area contributed by atoms with Crippen LogP contribution in [0.25, 0.3) is 45.1 Å². The summed E-state index contributed by atoms with van der Waals surface area (Å²) in [6.45, 7) is 0. The summed E-state index contributed by atoms with van der Waals surface area (Å²) in [7, 11) is -0.810. The van der Waals surface area contributed by atoms with Gasteiger partial charge in [0.05, 0.1) is 17.1 Å². The number of aromatic nitrogens is 5. The van der Waals surface area contributed by atoms with Crippen molar-refractivity contribution in [3.8, 4) is 34.0 Å². The molecule has 1 aliphatic heterocycles. The van der Waals surface area contributed by atoms with Crippen molar-refractivity contribution >= 4 is 21.9 Å². The average Bonchev–Trinajstić information content (AvgIpc) is 3.43. The van der Waals surface area contributed by atoms with Crippen molar-refractivity contribution in [1.29, 1.82) is 0 Å². The molecule has 0 saturated carbocycles. The molecular formula is C23H18FN5O3S. The van der Waals surface area contributed by atoms with E-state index in [0.29, 0.717) is 40.1 Å². The van der Waals surface area contributed by atoms with Crippen molar-refractivity contribution in [3.05, 3.63) is 73.1 Å². The molecule has 0 aliphatic carbocycles. The van der Waals surface area contributed by atoms with E-state index in [9.17, 15) is 8.60 Å². The van der Waals surface area contributed by atoms with Gasteiger partial charge in [-0.2, -0.15) is 5.10 Å². The zero-order valence-electron chi connectivity index (χ0n) is 17.2. The van der Waals surface area contributed by atoms with Crippen LogP contribution in [0.2, 0.25) is 0 Å². The largest absolute Gasteiger partial charge is 0.436 e. The van der Waals surface area contributed by atoms with E-state index in [0.717, 1.165) is 16.5 Å². The molecule has 2 N–H and O–H groups in total. The van der Waals surface area contributed by atoms with Crippen LogP contribution in [0.4, 0.5) is 4.39 Å². The number of hydrogen-bond acceptors (Lipinski definition) is 6. The maximum absolute atomic E-state index is 13.5. The topological polar surface area (TPSA) is 118 Å². The Hall–Kier alpha value is -3.76. The first-order valence-corrected chi connectivity index (χ1v) is 11.5. The van der Waals surface area contributed by atoms with Crippen LogP contribution in [-0.2, 0) is 10.8 Å². The number of furan rings is 1. The van der Waals surface area contributed by atoms with Gasteiger partial charge < -0.3 is 9.89 Å². The number of rotatable bonds is 4. The number of halogens is 1. The lowest BCUT2D eigenvalue weighted by Gasteiger charge is -2.24. The fourth-order valence-electron chi connectivity index (χ4n) is 3.81. The van der Waals surface area contributed by atoms with E-state index in [1.165, 1.54) is 18.5 Å². The highest BCUT2D eigenvalue weighted by Crippen LogP contribution is 2.37. The van der Waals surface area contributed by atoms with Crippen LogP contribution in [0, 0.1) is 5.82 Å². The van der Waals surface area contributed by atoms with Gasteiger partial charge in [-0.25, -0.2) is 14.4 Å². The third kappa shape index (κ3) is 3.73. The summed E-state index contributed by atoms with van der Waals surface area (Å²) >= 11 is 0. The molecule has 10 heteroatoms. The molecule has 5 aromatic rings. The summed E-state index contributed by atoms with van der Waals surface area (Å²) < 4.78 is 33.0. The molecule has 166 valence electrons. The Morgan fingerprint density at radius 2 is 1.85 bits per heavy atom. The summed E-state index contributed by atoms with van der Waals surface area (Å²) in [5, 5.41) is 5.50. The Bertz CT molecular complexity index is 1460. The zero-order valence-corrected chi connectivity index (χ0v) is 18.0. The van der Waals surface area contributed by atoms with Crippen molar-refractivity contribution < 1.29 is 18.5 Å². The van der Waals surface area contributed by atoms with E-state index in [-0.39, 0.29) is 17.3 Å². The fraction of sp³-hybridized carbons (Fsp3) is 0.130. The van der Waals surface area contributed by atoms with E-state index in [1.54, 1.807) is 18.3 Å². The van der Waals surface area contributed by atoms with Gasteiger partial charge in [-0.3, -0.25) is 13.9 Å². The molecule has 0 atom stereocenters. The molecular weight excluding hydrogens is 445 g/mol. The van der Waals surface area contributed by atoms with Crippen LogP contribution in [0.3, 0.4) is 0 Å². The van der Waals surface area contributed by atoms with Gasteiger partial charge in [0.2, 0.25) is 5.71 Å². The Kier molecular flexibility index (Phi) is 5.31. The molecule has 0 amide bonds. The molecule has 1 saturated heterocycles. The minimum atomic E-state index is -0.810. The van der Waals surface area contributed by atoms with Crippen molar-refractivity contribution in [2.24, 2.45) is 0 Å². The van der Waals surface area contributed by atoms with Crippen LogP contribution in [0.5, 0.6) is 0 Å². The molecule has 6 rings (SSSR count). The lowest BCUT2D eigenvalue weighted by atomic mass is 10.0. The van der Waals surface area contributed by atoms with Gasteiger partial charge >= 0.3 is 0 Å². The first-order valence-electron chi connectivity index (χ1n) is 10.0. The average molecular weight is 463 g/mol. The highest BCUT2D eigenvalue weighted by atomic mass is 32.2. The van der Waals surface area contributed by atoms with Crippen LogP contribution in [0.1, 0.15) is 6.04 Å². The van der Waals surface area contributed by atoms with Crippen LogP contribution < -0.4 is 0 Å². The molecule has 1 aliphatic rings. The predicted octanol–water partition coefficient (Wildman–Crippen LogP) is 3.43. The molecule has 0 unspecified atom stereocenters. The van der Waals surface area contributed by atoms with Gasteiger partial charge in [-0.05, 0) is 42.5 Å². The summed E-state index contributed by atoms with van der Waals surface area (Å²) in [6.07, 6.45) is 5.07. The van der Waals surface area contributed by atoms with Gasteiger partial charge in [0, 0.05) is 45.8 Å². The molecule has 0 spiro atoms. The SMILES string of the molecule is O.O=S1CC(n2cc(-c3ncnc4oc(-c5ccccn5)cc34)c(-c3ccc(F)cc3)n2)C1. The first-order chi connectivity index (χ1) is 15.7. The summed E-state index contributed by atoms with van der Waals surface area (Å²) in [5.74, 6) is 1.41. The molecule has 0 radical (unpaired) electrons. The van der Waals surface area contributed by atoms with Crippen LogP contribution in [-0.4, -0.2) is 45.9 Å². The quantitative estimate of drug-likeness (QED) is 0.403. The van der Waals surface area contributed by atoms with Crippen LogP contribution in [0.15, 0.2) is 71.7 Å². The monoisotopic (exact) mass is 463 g/mol. The number of pyridine rings is 1. The second kappa shape index (κ2) is 8.30. The van der Waals surface area contributed by atoms with E-state index >= 15 is 0 Å². The lowest BCUT2D eigenvalue weighted by molar-refractivity contribution is 0.507. The van der Waals surface area contributed by atoms with E-state index in [2.05, 4.69) is 15.0 Å². The standard InChI is InChI=1S/C23H16FN5O2S.H2O/c24-15-6-4-14(5-7-15)21-18(10-29(28-21)16-11-32(30)12-16)22-17-9-20(19-3-1-2-8-25-19)31-23(17)27-13-26-22;/h1-10,13,16H,11-12H2;1H2. The second-order valence-electron chi connectivity index (χ2n) is 7.57. The Morgan fingerprint density at radius 1 is 1.03 bits per heavy atom. The molecule has 0 bridgehead atoms. The number of hydrogen-bond donors (Lipinski definition) is 0. The summed E-state index contributed by atoms with van der Waals surface area (Å²) in [5.41, 5.74) is 4.01. The molecule has 33 heavy (non-hydrogen) atoms. The third-order valence-electron chi connectivity index (χ3n) is 5.48. The lowest BCUT2D eigenvalue weighted by Crippen LogP contribution is -2.33. The van der Waals surface area contributed by atoms with Gasteiger partial charge in [0.15, 0.2) is 5.76 Å². The highest BCUT2D eigenvalue weighted by molar-refractivity contribution is 7.86. The number of nitrogens with zero attached hydrogens (tertiary/aromatic N) is 5. The molecule has 1 fully saturated rings. The normalized spacial score (nSPS) is 17.5.